The first-order valence-corrected chi connectivity index (χ1v) is 9.63. The Labute approximate surface area is 149 Å². The van der Waals surface area contributed by atoms with Gasteiger partial charge in [0.1, 0.15) is 18.6 Å². The zero-order chi connectivity index (χ0) is 16.4. The zero-order valence-electron chi connectivity index (χ0n) is 14.1. The van der Waals surface area contributed by atoms with Crippen molar-refractivity contribution in [1.82, 2.24) is 0 Å². The third-order valence-corrected chi connectivity index (χ3v) is 6.20. The molecule has 3 N–H and O–H groups in total. The standard InChI is InChI=1S/C21H25ClN2/c22-19-8-6-17(7-9-19)20(14-16-4-2-1-3-5-16)23-21-15-24-12-10-18(21)11-13-24/h1-9,18,20-21,23H,10-15H2/p+2. The summed E-state index contributed by atoms with van der Waals surface area (Å²) in [4.78, 5) is 1.81. The van der Waals surface area contributed by atoms with Gasteiger partial charge in [-0.1, -0.05) is 54.1 Å². The molecule has 0 saturated carbocycles. The molecule has 2 aromatic carbocycles. The molecule has 2 bridgehead atoms. The minimum absolute atomic E-state index is 0.481. The molecule has 0 radical (unpaired) electrons. The normalized spacial score (nSPS) is 27.1. The number of benzene rings is 2. The molecule has 3 fully saturated rings. The maximum atomic E-state index is 6.11. The van der Waals surface area contributed by atoms with Gasteiger partial charge in [0.25, 0.3) is 0 Å². The molecule has 0 aliphatic carbocycles. The van der Waals surface area contributed by atoms with Crippen molar-refractivity contribution in [1.29, 1.82) is 0 Å². The lowest BCUT2D eigenvalue weighted by Gasteiger charge is -2.41. The van der Waals surface area contributed by atoms with Gasteiger partial charge in [0.2, 0.25) is 0 Å². The summed E-state index contributed by atoms with van der Waals surface area (Å²) in [7, 11) is 0. The molecule has 3 heteroatoms. The lowest BCUT2D eigenvalue weighted by atomic mass is 9.83. The lowest BCUT2D eigenvalue weighted by molar-refractivity contribution is -0.945. The second-order valence-electron chi connectivity index (χ2n) is 7.50. The van der Waals surface area contributed by atoms with Gasteiger partial charge in [-0.25, -0.2) is 0 Å². The number of quaternary nitrogens is 2. The number of nitrogens with one attached hydrogen (secondary N) is 1. The van der Waals surface area contributed by atoms with E-state index in [0.717, 1.165) is 23.4 Å². The summed E-state index contributed by atoms with van der Waals surface area (Å²) in [6, 6.07) is 20.6. The van der Waals surface area contributed by atoms with Crippen molar-refractivity contribution in [3.8, 4) is 0 Å². The van der Waals surface area contributed by atoms with Gasteiger partial charge in [-0.3, -0.25) is 0 Å². The molecule has 3 aliphatic heterocycles. The number of piperidine rings is 3. The summed E-state index contributed by atoms with van der Waals surface area (Å²) in [5.74, 6) is 0.910. The molecule has 24 heavy (non-hydrogen) atoms. The van der Waals surface area contributed by atoms with E-state index in [0.29, 0.717) is 6.04 Å². The van der Waals surface area contributed by atoms with Gasteiger partial charge in [0, 0.05) is 35.8 Å². The van der Waals surface area contributed by atoms with E-state index in [1.165, 1.54) is 43.6 Å². The minimum atomic E-state index is 0.481. The van der Waals surface area contributed by atoms with E-state index in [1.807, 2.05) is 17.0 Å². The highest BCUT2D eigenvalue weighted by Crippen LogP contribution is 2.21. The summed E-state index contributed by atoms with van der Waals surface area (Å²) in [6.07, 6.45) is 3.91. The lowest BCUT2D eigenvalue weighted by Crippen LogP contribution is -3.20. The summed E-state index contributed by atoms with van der Waals surface area (Å²) >= 11 is 6.11. The molecule has 2 atom stereocenters. The van der Waals surface area contributed by atoms with Crippen LogP contribution in [0.2, 0.25) is 5.02 Å². The highest BCUT2D eigenvalue weighted by molar-refractivity contribution is 6.30. The fourth-order valence-corrected chi connectivity index (χ4v) is 4.71. The van der Waals surface area contributed by atoms with Gasteiger partial charge in [-0.15, -0.1) is 0 Å². The Hall–Kier alpha value is -1.35. The first kappa shape index (κ1) is 16.1. The van der Waals surface area contributed by atoms with Crippen LogP contribution in [0.4, 0.5) is 0 Å². The fraction of sp³-hybridized carbons (Fsp3) is 0.429. The number of nitrogens with two attached hydrogens (primary N) is 1. The third kappa shape index (κ3) is 3.66. The topological polar surface area (TPSA) is 21.1 Å². The maximum absolute atomic E-state index is 6.11. The smallest absolute Gasteiger partial charge is 0.139 e. The van der Waals surface area contributed by atoms with Gasteiger partial charge < -0.3 is 10.2 Å². The van der Waals surface area contributed by atoms with Crippen LogP contribution in [0, 0.1) is 5.92 Å². The second-order valence-corrected chi connectivity index (χ2v) is 7.93. The summed E-state index contributed by atoms with van der Waals surface area (Å²) < 4.78 is 0. The van der Waals surface area contributed by atoms with Crippen LogP contribution >= 0.6 is 11.6 Å². The Kier molecular flexibility index (Phi) is 4.88. The summed E-state index contributed by atoms with van der Waals surface area (Å²) in [5.41, 5.74) is 2.82. The first-order chi connectivity index (χ1) is 11.8. The van der Waals surface area contributed by atoms with Crippen molar-refractivity contribution in [3.63, 3.8) is 0 Å². The van der Waals surface area contributed by atoms with Gasteiger partial charge in [-0.05, 0) is 17.7 Å². The Balaban J connectivity index is 1.54. The highest BCUT2D eigenvalue weighted by atomic mass is 35.5. The van der Waals surface area contributed by atoms with Crippen molar-refractivity contribution in [3.05, 3.63) is 70.7 Å². The SMILES string of the molecule is Clc1ccc(C(Cc2ccccc2)[NH2+]C2C[NH+]3CCC2CC3)cc1. The molecule has 0 spiro atoms. The Bertz CT molecular complexity index is 647. The maximum Gasteiger partial charge on any atom is 0.139 e. The van der Waals surface area contributed by atoms with Gasteiger partial charge in [0.05, 0.1) is 13.1 Å². The van der Waals surface area contributed by atoms with Gasteiger partial charge in [0.15, 0.2) is 0 Å². The number of rotatable bonds is 5. The Morgan fingerprint density at radius 2 is 1.71 bits per heavy atom. The second kappa shape index (κ2) is 7.26. The molecule has 3 heterocycles. The summed E-state index contributed by atoms with van der Waals surface area (Å²) in [5, 5.41) is 3.49. The number of hydrogen-bond donors (Lipinski definition) is 2. The van der Waals surface area contributed by atoms with Gasteiger partial charge in [-0.2, -0.15) is 0 Å². The minimum Gasteiger partial charge on any atom is -0.332 e. The van der Waals surface area contributed by atoms with Crippen LogP contribution < -0.4 is 10.2 Å². The van der Waals surface area contributed by atoms with Crippen LogP contribution in [0.1, 0.15) is 30.0 Å². The molecule has 2 aromatic rings. The van der Waals surface area contributed by atoms with Crippen LogP contribution in [-0.2, 0) is 6.42 Å². The monoisotopic (exact) mass is 342 g/mol. The van der Waals surface area contributed by atoms with Crippen molar-refractivity contribution >= 4 is 11.6 Å². The van der Waals surface area contributed by atoms with E-state index < -0.39 is 0 Å². The van der Waals surface area contributed by atoms with Crippen molar-refractivity contribution < 1.29 is 10.2 Å². The molecule has 2 unspecified atom stereocenters. The molecule has 0 amide bonds. The number of hydrogen-bond acceptors (Lipinski definition) is 0. The fourth-order valence-electron chi connectivity index (χ4n) is 4.58. The average Bonchev–Trinajstić information content (AvgIpc) is 2.64. The van der Waals surface area contributed by atoms with E-state index in [2.05, 4.69) is 47.8 Å². The third-order valence-electron chi connectivity index (χ3n) is 5.94. The van der Waals surface area contributed by atoms with Crippen LogP contribution in [0.5, 0.6) is 0 Å². The van der Waals surface area contributed by atoms with Crippen molar-refractivity contribution in [2.24, 2.45) is 5.92 Å². The van der Waals surface area contributed by atoms with Crippen LogP contribution in [0.3, 0.4) is 0 Å². The van der Waals surface area contributed by atoms with Crippen molar-refractivity contribution in [2.45, 2.75) is 31.3 Å². The predicted molar refractivity (Wildman–Crippen MR) is 98.3 cm³/mol. The van der Waals surface area contributed by atoms with E-state index in [4.69, 9.17) is 11.6 Å². The molecule has 0 aromatic heterocycles. The van der Waals surface area contributed by atoms with E-state index in [-0.39, 0.29) is 0 Å². The van der Waals surface area contributed by atoms with E-state index in [1.54, 1.807) is 0 Å². The quantitative estimate of drug-likeness (QED) is 0.827. The average molecular weight is 343 g/mol. The Morgan fingerprint density at radius 3 is 2.33 bits per heavy atom. The van der Waals surface area contributed by atoms with E-state index >= 15 is 0 Å². The molecular weight excluding hydrogens is 316 g/mol. The van der Waals surface area contributed by atoms with Crippen LogP contribution in [0.25, 0.3) is 0 Å². The zero-order valence-corrected chi connectivity index (χ0v) is 14.9. The molecule has 3 aliphatic rings. The first-order valence-electron chi connectivity index (χ1n) is 9.26. The number of halogens is 1. The Morgan fingerprint density at radius 1 is 1.00 bits per heavy atom. The molecule has 126 valence electrons. The molecule has 2 nitrogen and oxygen atoms in total. The predicted octanol–water partition coefficient (Wildman–Crippen LogP) is 1.86. The largest absolute Gasteiger partial charge is 0.332 e. The highest BCUT2D eigenvalue weighted by Gasteiger charge is 2.41. The molecular formula is C21H27ClN2+2. The van der Waals surface area contributed by atoms with Crippen molar-refractivity contribution in [2.75, 3.05) is 19.6 Å². The van der Waals surface area contributed by atoms with Crippen LogP contribution in [0.15, 0.2) is 54.6 Å². The van der Waals surface area contributed by atoms with Crippen LogP contribution in [-0.4, -0.2) is 25.7 Å². The number of fused-ring (bicyclic) bond motifs is 3. The molecule has 3 saturated heterocycles. The molecule has 5 rings (SSSR count). The summed E-state index contributed by atoms with van der Waals surface area (Å²) in [6.45, 7) is 4.11. The van der Waals surface area contributed by atoms with Gasteiger partial charge >= 0.3 is 0 Å². The van der Waals surface area contributed by atoms with E-state index in [9.17, 15) is 0 Å².